The van der Waals surface area contributed by atoms with E-state index >= 15 is 0 Å². The largest absolute Gasteiger partial charge is 0.302 e. The fourth-order valence-electron chi connectivity index (χ4n) is 1.30. The van der Waals surface area contributed by atoms with Crippen molar-refractivity contribution in [3.05, 3.63) is 10.6 Å². The second-order valence-corrected chi connectivity index (χ2v) is 4.13. The summed E-state index contributed by atoms with van der Waals surface area (Å²) in [5, 5.41) is 3.04. The van der Waals surface area contributed by atoms with E-state index in [1.165, 1.54) is 18.3 Å². The molecule has 0 saturated carbocycles. The van der Waals surface area contributed by atoms with Gasteiger partial charge in [-0.25, -0.2) is 9.98 Å². The smallest absolute Gasteiger partial charge is 0.288 e. The lowest BCUT2D eigenvalue weighted by molar-refractivity contribution is -0.114. The van der Waals surface area contributed by atoms with E-state index in [0.717, 1.165) is 5.69 Å². The predicted octanol–water partition coefficient (Wildman–Crippen LogP) is 1.26. The number of rotatable bonds is 1. The molecule has 1 aliphatic rings. The van der Waals surface area contributed by atoms with Crippen LogP contribution in [0.5, 0.6) is 0 Å². The van der Waals surface area contributed by atoms with Gasteiger partial charge in [-0.15, -0.1) is 0 Å². The Hall–Kier alpha value is -1.56. The summed E-state index contributed by atoms with van der Waals surface area (Å²) in [6, 6.07) is 0. The van der Waals surface area contributed by atoms with Gasteiger partial charge in [0.25, 0.3) is 5.91 Å². The predicted molar refractivity (Wildman–Crippen MR) is 57.6 cm³/mol. The summed E-state index contributed by atoms with van der Waals surface area (Å²) in [6.07, 6.45) is 3.01. The molecule has 0 atom stereocenters. The van der Waals surface area contributed by atoms with Crippen LogP contribution in [-0.4, -0.2) is 23.0 Å². The van der Waals surface area contributed by atoms with Crippen LogP contribution in [-0.2, 0) is 11.2 Å². The fraction of sp³-hybridized carbons (Fsp3) is 0.333. The lowest BCUT2D eigenvalue weighted by Gasteiger charge is -1.93. The Labute approximate surface area is 90.2 Å². The minimum absolute atomic E-state index is 0.185. The van der Waals surface area contributed by atoms with Crippen LogP contribution in [0.15, 0.2) is 4.99 Å². The third-order valence-electron chi connectivity index (χ3n) is 1.89. The highest BCUT2D eigenvalue weighted by Gasteiger charge is 2.19. The molecular formula is C9H9N3O2S. The molecule has 15 heavy (non-hydrogen) atoms. The third kappa shape index (κ3) is 2.10. The van der Waals surface area contributed by atoms with Gasteiger partial charge < -0.3 is 5.32 Å². The van der Waals surface area contributed by atoms with Gasteiger partial charge in [-0.05, 0) is 12.8 Å². The molecule has 0 radical (unpaired) electrons. The number of anilines is 1. The average Bonchev–Trinajstić information content (AvgIpc) is 2.47. The average molecular weight is 223 g/mol. The zero-order valence-electron chi connectivity index (χ0n) is 8.11. The molecule has 1 aliphatic heterocycles. The van der Waals surface area contributed by atoms with Crippen molar-refractivity contribution in [1.82, 2.24) is 4.98 Å². The standard InChI is InChI=1S/C9H9N3O2S/c1-5(13)11-9-12-6-3-2-4-10-8(14)7(6)15-9/h4H,2-3H2,1H3,(H,11,12,13). The molecule has 5 nitrogen and oxygen atoms in total. The van der Waals surface area contributed by atoms with Crippen molar-refractivity contribution in [2.75, 3.05) is 5.32 Å². The highest BCUT2D eigenvalue weighted by atomic mass is 32.1. The molecule has 2 rings (SSSR count). The molecule has 0 saturated heterocycles. The minimum Gasteiger partial charge on any atom is -0.302 e. The first kappa shape index (κ1) is 9.97. The van der Waals surface area contributed by atoms with E-state index in [0.29, 0.717) is 22.9 Å². The molecule has 6 heteroatoms. The number of carbonyl (C=O) groups excluding carboxylic acids is 2. The van der Waals surface area contributed by atoms with Crippen molar-refractivity contribution >= 4 is 34.5 Å². The van der Waals surface area contributed by atoms with E-state index in [1.54, 1.807) is 6.21 Å². The van der Waals surface area contributed by atoms with Crippen molar-refractivity contribution in [3.8, 4) is 0 Å². The SMILES string of the molecule is CC(=O)Nc1nc2c(s1)C(=O)N=CCC2. The van der Waals surface area contributed by atoms with Gasteiger partial charge in [0.05, 0.1) is 5.69 Å². The number of hydrogen-bond acceptors (Lipinski definition) is 4. The molecule has 0 fully saturated rings. The van der Waals surface area contributed by atoms with Crippen LogP contribution in [0.2, 0.25) is 0 Å². The summed E-state index contributed by atoms with van der Waals surface area (Å²) in [5.41, 5.74) is 0.728. The number of thiazole rings is 1. The summed E-state index contributed by atoms with van der Waals surface area (Å²) in [4.78, 5) is 30.8. The molecular weight excluding hydrogens is 214 g/mol. The van der Waals surface area contributed by atoms with E-state index in [9.17, 15) is 9.59 Å². The van der Waals surface area contributed by atoms with Crippen LogP contribution in [0.3, 0.4) is 0 Å². The second kappa shape index (κ2) is 3.90. The molecule has 1 aromatic rings. The fourth-order valence-corrected chi connectivity index (χ4v) is 2.25. The number of aryl methyl sites for hydroxylation is 1. The lowest BCUT2D eigenvalue weighted by Crippen LogP contribution is -2.05. The number of fused-ring (bicyclic) bond motifs is 1. The number of aliphatic imine (C=N–C) groups is 1. The van der Waals surface area contributed by atoms with Crippen molar-refractivity contribution in [2.24, 2.45) is 4.99 Å². The number of aromatic nitrogens is 1. The number of amides is 2. The molecule has 0 aliphatic carbocycles. The zero-order chi connectivity index (χ0) is 10.8. The zero-order valence-corrected chi connectivity index (χ0v) is 8.93. The van der Waals surface area contributed by atoms with Gasteiger partial charge >= 0.3 is 0 Å². The van der Waals surface area contributed by atoms with Gasteiger partial charge in [0.1, 0.15) is 4.88 Å². The summed E-state index contributed by atoms with van der Waals surface area (Å²) in [6.45, 7) is 1.41. The molecule has 0 spiro atoms. The van der Waals surface area contributed by atoms with Gasteiger partial charge in [0.2, 0.25) is 5.91 Å². The Morgan fingerprint density at radius 2 is 2.40 bits per heavy atom. The van der Waals surface area contributed by atoms with Crippen LogP contribution in [0.4, 0.5) is 5.13 Å². The molecule has 0 bridgehead atoms. The van der Waals surface area contributed by atoms with E-state index in [2.05, 4.69) is 15.3 Å². The van der Waals surface area contributed by atoms with E-state index in [4.69, 9.17) is 0 Å². The van der Waals surface area contributed by atoms with Crippen molar-refractivity contribution in [2.45, 2.75) is 19.8 Å². The number of nitrogens with zero attached hydrogens (tertiary/aromatic N) is 2. The van der Waals surface area contributed by atoms with Crippen LogP contribution < -0.4 is 5.32 Å². The highest BCUT2D eigenvalue weighted by molar-refractivity contribution is 7.17. The maximum atomic E-state index is 11.5. The molecule has 1 aromatic heterocycles. The first-order valence-electron chi connectivity index (χ1n) is 4.51. The molecule has 1 N–H and O–H groups in total. The molecule has 0 unspecified atom stereocenters. The van der Waals surface area contributed by atoms with Crippen molar-refractivity contribution < 1.29 is 9.59 Å². The first-order chi connectivity index (χ1) is 7.16. The number of hydrogen-bond donors (Lipinski definition) is 1. The van der Waals surface area contributed by atoms with Crippen LogP contribution in [0.25, 0.3) is 0 Å². The normalized spacial score (nSPS) is 14.6. The van der Waals surface area contributed by atoms with Gasteiger partial charge in [0, 0.05) is 13.1 Å². The van der Waals surface area contributed by atoms with Crippen molar-refractivity contribution in [3.63, 3.8) is 0 Å². The number of carbonyl (C=O) groups is 2. The summed E-state index contributed by atoms with van der Waals surface area (Å²) < 4.78 is 0. The molecule has 2 amide bonds. The summed E-state index contributed by atoms with van der Waals surface area (Å²) in [7, 11) is 0. The quantitative estimate of drug-likeness (QED) is 0.779. The Morgan fingerprint density at radius 3 is 3.13 bits per heavy atom. The van der Waals surface area contributed by atoms with Gasteiger partial charge in [-0.2, -0.15) is 0 Å². The Morgan fingerprint density at radius 1 is 1.60 bits per heavy atom. The number of nitrogens with one attached hydrogen (secondary N) is 1. The van der Waals surface area contributed by atoms with Crippen LogP contribution >= 0.6 is 11.3 Å². The van der Waals surface area contributed by atoms with E-state index in [-0.39, 0.29) is 11.8 Å². The highest BCUT2D eigenvalue weighted by Crippen LogP contribution is 2.26. The summed E-state index contributed by atoms with van der Waals surface area (Å²) in [5.74, 6) is -0.452. The first-order valence-corrected chi connectivity index (χ1v) is 5.32. The Kier molecular flexibility index (Phi) is 2.59. The second-order valence-electron chi connectivity index (χ2n) is 3.13. The van der Waals surface area contributed by atoms with E-state index in [1.807, 2.05) is 0 Å². The topological polar surface area (TPSA) is 71.4 Å². The third-order valence-corrected chi connectivity index (χ3v) is 2.89. The van der Waals surface area contributed by atoms with Crippen LogP contribution in [0.1, 0.15) is 28.7 Å². The van der Waals surface area contributed by atoms with Crippen molar-refractivity contribution in [1.29, 1.82) is 0 Å². The van der Waals surface area contributed by atoms with E-state index < -0.39 is 0 Å². The van der Waals surface area contributed by atoms with Gasteiger partial charge in [-0.1, -0.05) is 11.3 Å². The Balaban J connectivity index is 2.34. The summed E-state index contributed by atoms with van der Waals surface area (Å²) >= 11 is 1.18. The van der Waals surface area contributed by atoms with Gasteiger partial charge in [-0.3, -0.25) is 9.59 Å². The maximum absolute atomic E-state index is 11.5. The monoisotopic (exact) mass is 223 g/mol. The van der Waals surface area contributed by atoms with Crippen LogP contribution in [0, 0.1) is 0 Å². The molecule has 2 heterocycles. The lowest BCUT2D eigenvalue weighted by atomic mass is 10.2. The molecule has 78 valence electrons. The maximum Gasteiger partial charge on any atom is 0.288 e. The Bertz CT molecular complexity index is 450. The minimum atomic E-state index is -0.267. The van der Waals surface area contributed by atoms with Gasteiger partial charge in [0.15, 0.2) is 5.13 Å². The molecule has 0 aromatic carbocycles.